The van der Waals surface area contributed by atoms with Crippen molar-refractivity contribution in [1.82, 2.24) is 0 Å². The monoisotopic (exact) mass is 192 g/mol. The fraction of sp³-hybridized carbons (Fsp3) is 0.182. The lowest BCUT2D eigenvalue weighted by Crippen LogP contribution is -1.88. The number of ether oxygens (including phenoxy) is 1. The second-order valence-electron chi connectivity index (χ2n) is 2.52. The van der Waals surface area contributed by atoms with E-state index < -0.39 is 0 Å². The molecule has 0 aliphatic heterocycles. The van der Waals surface area contributed by atoms with Crippen LogP contribution in [0.25, 0.3) is 0 Å². The molecule has 0 N–H and O–H groups in total. The number of halogens is 1. The minimum Gasteiger partial charge on any atom is -0.495 e. The molecule has 1 aromatic carbocycles. The molecule has 0 saturated carbocycles. The molecule has 0 aliphatic carbocycles. The van der Waals surface area contributed by atoms with Gasteiger partial charge in [-0.3, -0.25) is 0 Å². The van der Waals surface area contributed by atoms with E-state index in [1.54, 1.807) is 0 Å². The molecule has 14 heavy (non-hydrogen) atoms. The molecule has 0 aliphatic rings. The number of hydrogen-bond donors (Lipinski definition) is 0. The molecule has 0 atom stereocenters. The normalized spacial score (nSPS) is 8.71. The van der Waals surface area contributed by atoms with Crippen molar-refractivity contribution in [3.8, 4) is 17.6 Å². The van der Waals surface area contributed by atoms with Gasteiger partial charge in [-0.1, -0.05) is 11.8 Å². The Morgan fingerprint density at radius 2 is 2.36 bits per heavy atom. The molecule has 0 heterocycles. The Labute approximate surface area is 81.7 Å². The Morgan fingerprint density at radius 3 is 3.00 bits per heavy atom. The number of benzene rings is 1. The fourth-order valence-electron chi connectivity index (χ4n) is 0.956. The van der Waals surface area contributed by atoms with Crippen molar-refractivity contribution in [2.24, 2.45) is 0 Å². The molecule has 1 aromatic rings. The summed E-state index contributed by atoms with van der Waals surface area (Å²) in [4.78, 5) is 10.0. The smallest absolute Gasteiger partial charge is 0.137 e. The molecule has 0 spiro atoms. The zero-order valence-electron chi connectivity index (χ0n) is 7.71. The van der Waals surface area contributed by atoms with E-state index in [1.807, 2.05) is 0 Å². The van der Waals surface area contributed by atoms with Crippen LogP contribution in [-0.4, -0.2) is 13.4 Å². The molecule has 72 valence electrons. The van der Waals surface area contributed by atoms with Crippen LogP contribution in [0.3, 0.4) is 0 Å². The van der Waals surface area contributed by atoms with Gasteiger partial charge in [0.15, 0.2) is 0 Å². The molecule has 0 unspecified atom stereocenters. The third kappa shape index (κ3) is 2.60. The summed E-state index contributed by atoms with van der Waals surface area (Å²) in [6.45, 7) is 0. The average molecular weight is 192 g/mol. The van der Waals surface area contributed by atoms with Gasteiger partial charge in [0.1, 0.15) is 17.9 Å². The summed E-state index contributed by atoms with van der Waals surface area (Å²) in [6.07, 6.45) is 0.879. The lowest BCUT2D eigenvalue weighted by Gasteiger charge is -2.01. The van der Waals surface area contributed by atoms with E-state index in [-0.39, 0.29) is 12.2 Å². The third-order valence-electron chi connectivity index (χ3n) is 1.57. The summed E-state index contributed by atoms with van der Waals surface area (Å²) < 4.78 is 17.7. The van der Waals surface area contributed by atoms with E-state index in [1.165, 1.54) is 25.3 Å². The minimum absolute atomic E-state index is 0.167. The highest BCUT2D eigenvalue weighted by Gasteiger charge is 2.00. The Bertz CT molecular complexity index is 388. The van der Waals surface area contributed by atoms with E-state index in [0.717, 1.165) is 0 Å². The van der Waals surface area contributed by atoms with Crippen molar-refractivity contribution in [3.05, 3.63) is 29.6 Å². The molecule has 0 radical (unpaired) electrons. The van der Waals surface area contributed by atoms with Gasteiger partial charge in [0.25, 0.3) is 0 Å². The second-order valence-corrected chi connectivity index (χ2v) is 2.52. The third-order valence-corrected chi connectivity index (χ3v) is 1.57. The van der Waals surface area contributed by atoms with Gasteiger partial charge in [-0.2, -0.15) is 0 Å². The van der Waals surface area contributed by atoms with Crippen LogP contribution in [0.4, 0.5) is 4.39 Å². The first-order valence-electron chi connectivity index (χ1n) is 4.04. The lowest BCUT2D eigenvalue weighted by molar-refractivity contribution is -0.107. The summed E-state index contributed by atoms with van der Waals surface area (Å²) >= 11 is 0. The highest BCUT2D eigenvalue weighted by molar-refractivity contribution is 5.56. The van der Waals surface area contributed by atoms with E-state index in [9.17, 15) is 9.18 Å². The Morgan fingerprint density at radius 1 is 1.57 bits per heavy atom. The van der Waals surface area contributed by atoms with Crippen molar-refractivity contribution in [2.75, 3.05) is 7.11 Å². The van der Waals surface area contributed by atoms with Crippen LogP contribution >= 0.6 is 0 Å². The van der Waals surface area contributed by atoms with Crippen LogP contribution in [0.5, 0.6) is 5.75 Å². The molecular formula is C11H9FO2. The van der Waals surface area contributed by atoms with Crippen LogP contribution in [0.2, 0.25) is 0 Å². The SMILES string of the molecule is COc1cc(F)ccc1C#CCC=O. The first-order chi connectivity index (χ1) is 6.77. The van der Waals surface area contributed by atoms with Crippen LogP contribution < -0.4 is 4.74 Å². The van der Waals surface area contributed by atoms with Crippen LogP contribution in [0, 0.1) is 17.7 Å². The number of carbonyl (C=O) groups is 1. The maximum Gasteiger partial charge on any atom is 0.137 e. The van der Waals surface area contributed by atoms with Gasteiger partial charge < -0.3 is 9.53 Å². The highest BCUT2D eigenvalue weighted by Crippen LogP contribution is 2.17. The molecule has 0 bridgehead atoms. The molecule has 3 heteroatoms. The van der Waals surface area contributed by atoms with Crippen molar-refractivity contribution in [2.45, 2.75) is 6.42 Å². The number of rotatable bonds is 2. The lowest BCUT2D eigenvalue weighted by atomic mass is 10.2. The second kappa shape index (κ2) is 5.03. The zero-order chi connectivity index (χ0) is 10.4. The summed E-state index contributed by atoms with van der Waals surface area (Å²) in [5, 5.41) is 0. The van der Waals surface area contributed by atoms with Crippen molar-refractivity contribution >= 4 is 6.29 Å². The van der Waals surface area contributed by atoms with Gasteiger partial charge in [-0.25, -0.2) is 4.39 Å². The molecule has 1 rings (SSSR count). The molecule has 0 aromatic heterocycles. The molecular weight excluding hydrogens is 183 g/mol. The molecule has 0 amide bonds. The first-order valence-corrected chi connectivity index (χ1v) is 4.04. The Balaban J connectivity index is 2.97. The molecule has 0 fully saturated rings. The summed E-state index contributed by atoms with van der Waals surface area (Å²) in [5.74, 6) is 5.35. The van der Waals surface area contributed by atoms with Crippen molar-refractivity contribution in [1.29, 1.82) is 0 Å². The Hall–Kier alpha value is -1.82. The largest absolute Gasteiger partial charge is 0.495 e. The van der Waals surface area contributed by atoms with E-state index in [0.29, 0.717) is 17.6 Å². The first kappa shape index (κ1) is 10.3. The van der Waals surface area contributed by atoms with Gasteiger partial charge in [-0.05, 0) is 12.1 Å². The molecule has 0 saturated heterocycles. The van der Waals surface area contributed by atoms with Crippen LogP contribution in [-0.2, 0) is 4.79 Å². The van der Waals surface area contributed by atoms with Gasteiger partial charge in [0.05, 0.1) is 19.1 Å². The van der Waals surface area contributed by atoms with Crippen molar-refractivity contribution in [3.63, 3.8) is 0 Å². The van der Waals surface area contributed by atoms with Crippen LogP contribution in [0.15, 0.2) is 18.2 Å². The quantitative estimate of drug-likeness (QED) is 0.527. The predicted molar refractivity (Wildman–Crippen MR) is 50.5 cm³/mol. The number of aldehydes is 1. The average Bonchev–Trinajstić information content (AvgIpc) is 2.20. The van der Waals surface area contributed by atoms with Gasteiger partial charge in [0, 0.05) is 6.07 Å². The number of hydrogen-bond acceptors (Lipinski definition) is 2. The van der Waals surface area contributed by atoms with Crippen LogP contribution in [0.1, 0.15) is 12.0 Å². The van der Waals surface area contributed by atoms with Gasteiger partial charge >= 0.3 is 0 Å². The fourth-order valence-corrected chi connectivity index (χ4v) is 0.956. The predicted octanol–water partition coefficient (Wildman–Crippen LogP) is 1.77. The topological polar surface area (TPSA) is 26.3 Å². The number of carbonyl (C=O) groups excluding carboxylic acids is 1. The van der Waals surface area contributed by atoms with Gasteiger partial charge in [0.2, 0.25) is 0 Å². The summed E-state index contributed by atoms with van der Waals surface area (Å²) in [6, 6.07) is 4.07. The summed E-state index contributed by atoms with van der Waals surface area (Å²) in [5.41, 5.74) is 0.579. The maximum atomic E-state index is 12.7. The van der Waals surface area contributed by atoms with Crippen molar-refractivity contribution < 1.29 is 13.9 Å². The molecule has 2 nitrogen and oxygen atoms in total. The standard InChI is InChI=1S/C11H9FO2/c1-14-11-8-10(12)6-5-9(11)4-2-3-7-13/h5-8H,3H2,1H3. The number of methoxy groups -OCH3 is 1. The highest BCUT2D eigenvalue weighted by atomic mass is 19.1. The maximum absolute atomic E-state index is 12.7. The van der Waals surface area contributed by atoms with Gasteiger partial charge in [-0.15, -0.1) is 0 Å². The van der Waals surface area contributed by atoms with E-state index in [2.05, 4.69) is 11.8 Å². The zero-order valence-corrected chi connectivity index (χ0v) is 7.71. The van der Waals surface area contributed by atoms with E-state index >= 15 is 0 Å². The van der Waals surface area contributed by atoms with E-state index in [4.69, 9.17) is 4.74 Å². The minimum atomic E-state index is -0.372. The Kier molecular flexibility index (Phi) is 3.69. The summed E-state index contributed by atoms with van der Waals surface area (Å²) in [7, 11) is 1.44.